The first kappa shape index (κ1) is 13.7. The number of fused-ring (bicyclic) bond motifs is 2. The summed E-state index contributed by atoms with van der Waals surface area (Å²) in [7, 11) is 2.09. The van der Waals surface area contributed by atoms with Gasteiger partial charge in [-0.25, -0.2) is 4.98 Å². The molecule has 1 aromatic heterocycles. The average molecular weight is 275 g/mol. The number of pyridine rings is 1. The van der Waals surface area contributed by atoms with Gasteiger partial charge in [-0.2, -0.15) is 0 Å². The minimum Gasteiger partial charge on any atom is -0.478 e. The molecule has 2 fully saturated rings. The van der Waals surface area contributed by atoms with Gasteiger partial charge in [0.05, 0.1) is 18.5 Å². The molecule has 2 aliphatic rings. The summed E-state index contributed by atoms with van der Waals surface area (Å²) in [5.41, 5.74) is 1.26. The lowest BCUT2D eigenvalue weighted by Gasteiger charge is -2.50. The Morgan fingerprint density at radius 3 is 2.60 bits per heavy atom. The number of rotatable bonds is 4. The minimum atomic E-state index is 0.666. The van der Waals surface area contributed by atoms with Crippen molar-refractivity contribution in [2.45, 2.75) is 57.2 Å². The Labute approximate surface area is 121 Å². The Kier molecular flexibility index (Phi) is 4.10. The van der Waals surface area contributed by atoms with Gasteiger partial charge >= 0.3 is 0 Å². The second kappa shape index (κ2) is 6.00. The number of hydrogen-bond acceptors (Lipinski definition) is 4. The number of anilines is 1. The van der Waals surface area contributed by atoms with Crippen LogP contribution >= 0.6 is 0 Å². The molecule has 4 heteroatoms. The van der Waals surface area contributed by atoms with Gasteiger partial charge in [0.1, 0.15) is 0 Å². The molecule has 2 aliphatic heterocycles. The molecule has 0 amide bonds. The predicted molar refractivity (Wildman–Crippen MR) is 81.4 cm³/mol. The van der Waals surface area contributed by atoms with Crippen LogP contribution in [0.1, 0.15) is 39.0 Å². The van der Waals surface area contributed by atoms with Crippen LogP contribution in [0.15, 0.2) is 18.3 Å². The van der Waals surface area contributed by atoms with Crippen molar-refractivity contribution < 1.29 is 4.74 Å². The van der Waals surface area contributed by atoms with Gasteiger partial charge in [0, 0.05) is 24.2 Å². The van der Waals surface area contributed by atoms with Gasteiger partial charge in [0.25, 0.3) is 0 Å². The van der Waals surface area contributed by atoms with E-state index in [4.69, 9.17) is 4.74 Å². The van der Waals surface area contributed by atoms with Crippen LogP contribution < -0.4 is 15.0 Å². The lowest BCUT2D eigenvalue weighted by Crippen LogP contribution is -2.56. The number of hydrogen-bond donors (Lipinski definition) is 1. The minimum absolute atomic E-state index is 0.666. The van der Waals surface area contributed by atoms with Crippen LogP contribution in [0.2, 0.25) is 0 Å². The molecule has 3 rings (SSSR count). The van der Waals surface area contributed by atoms with E-state index in [1.165, 1.54) is 37.8 Å². The van der Waals surface area contributed by atoms with Crippen LogP contribution in [0.3, 0.4) is 0 Å². The molecule has 2 saturated heterocycles. The Bertz CT molecular complexity index is 420. The van der Waals surface area contributed by atoms with Crippen LogP contribution in [0.4, 0.5) is 5.69 Å². The molecule has 0 aliphatic carbocycles. The summed E-state index contributed by atoms with van der Waals surface area (Å²) < 4.78 is 5.44. The molecule has 1 N–H and O–H groups in total. The van der Waals surface area contributed by atoms with Crippen molar-refractivity contribution in [1.82, 2.24) is 10.3 Å². The maximum Gasteiger partial charge on any atom is 0.213 e. The van der Waals surface area contributed by atoms with Gasteiger partial charge in [-0.05, 0) is 52.1 Å². The van der Waals surface area contributed by atoms with E-state index in [-0.39, 0.29) is 0 Å². The molecule has 20 heavy (non-hydrogen) atoms. The van der Waals surface area contributed by atoms with Crippen molar-refractivity contribution in [3.8, 4) is 5.88 Å². The molecule has 0 spiro atoms. The Morgan fingerprint density at radius 1 is 1.30 bits per heavy atom. The van der Waals surface area contributed by atoms with E-state index in [1.807, 2.05) is 19.2 Å². The van der Waals surface area contributed by atoms with E-state index in [9.17, 15) is 0 Å². The van der Waals surface area contributed by atoms with Gasteiger partial charge in [0.15, 0.2) is 0 Å². The number of ether oxygens (including phenoxy) is 1. The summed E-state index contributed by atoms with van der Waals surface area (Å²) in [5, 5.41) is 3.47. The zero-order valence-corrected chi connectivity index (χ0v) is 12.5. The van der Waals surface area contributed by atoms with E-state index in [2.05, 4.69) is 28.3 Å². The van der Waals surface area contributed by atoms with E-state index < -0.39 is 0 Å². The predicted octanol–water partition coefficient (Wildman–Crippen LogP) is 2.59. The highest BCUT2D eigenvalue weighted by Crippen LogP contribution is 2.37. The summed E-state index contributed by atoms with van der Waals surface area (Å²) in [6.07, 6.45) is 8.47. The smallest absolute Gasteiger partial charge is 0.213 e. The van der Waals surface area contributed by atoms with E-state index in [1.54, 1.807) is 0 Å². The van der Waals surface area contributed by atoms with Crippen LogP contribution in [0.25, 0.3) is 0 Å². The molecule has 2 atom stereocenters. The quantitative estimate of drug-likeness (QED) is 0.916. The van der Waals surface area contributed by atoms with Crippen LogP contribution in [-0.2, 0) is 0 Å². The second-order valence-corrected chi connectivity index (χ2v) is 5.89. The fraction of sp³-hybridized carbons (Fsp3) is 0.688. The van der Waals surface area contributed by atoms with E-state index >= 15 is 0 Å². The summed E-state index contributed by atoms with van der Waals surface area (Å²) in [4.78, 5) is 7.04. The third kappa shape index (κ3) is 2.62. The molecule has 2 bridgehead atoms. The fourth-order valence-corrected chi connectivity index (χ4v) is 3.80. The van der Waals surface area contributed by atoms with Crippen molar-refractivity contribution in [1.29, 1.82) is 0 Å². The topological polar surface area (TPSA) is 37.4 Å². The lowest BCUT2D eigenvalue weighted by molar-refractivity contribution is 0.252. The number of aromatic nitrogens is 1. The Balaban J connectivity index is 1.78. The van der Waals surface area contributed by atoms with Crippen molar-refractivity contribution in [3.63, 3.8) is 0 Å². The maximum absolute atomic E-state index is 5.44. The third-order valence-corrected chi connectivity index (χ3v) is 4.69. The number of piperidine rings is 2. The maximum atomic E-state index is 5.44. The van der Waals surface area contributed by atoms with E-state index in [0.29, 0.717) is 24.7 Å². The third-order valence-electron chi connectivity index (χ3n) is 4.69. The molecule has 0 saturated carbocycles. The Morgan fingerprint density at radius 2 is 2.05 bits per heavy atom. The van der Waals surface area contributed by atoms with Crippen molar-refractivity contribution >= 4 is 5.69 Å². The largest absolute Gasteiger partial charge is 0.478 e. The highest BCUT2D eigenvalue weighted by atomic mass is 16.5. The molecule has 0 aromatic carbocycles. The molecule has 2 unspecified atom stereocenters. The highest BCUT2D eigenvalue weighted by Gasteiger charge is 2.37. The van der Waals surface area contributed by atoms with Crippen molar-refractivity contribution in [2.75, 3.05) is 18.6 Å². The van der Waals surface area contributed by atoms with Gasteiger partial charge in [0.2, 0.25) is 5.88 Å². The Hall–Kier alpha value is -1.29. The van der Waals surface area contributed by atoms with Gasteiger partial charge in [-0.3, -0.25) is 0 Å². The van der Waals surface area contributed by atoms with Gasteiger partial charge in [-0.15, -0.1) is 0 Å². The van der Waals surface area contributed by atoms with Crippen LogP contribution in [0.5, 0.6) is 5.88 Å². The van der Waals surface area contributed by atoms with Crippen LogP contribution in [0, 0.1) is 0 Å². The number of nitrogens with zero attached hydrogens (tertiary/aromatic N) is 2. The summed E-state index contributed by atoms with van der Waals surface area (Å²) in [6.45, 7) is 2.66. The first-order valence-electron chi connectivity index (χ1n) is 7.86. The van der Waals surface area contributed by atoms with Crippen LogP contribution in [-0.4, -0.2) is 36.8 Å². The van der Waals surface area contributed by atoms with Gasteiger partial charge < -0.3 is 15.0 Å². The molecule has 1 aromatic rings. The van der Waals surface area contributed by atoms with E-state index in [0.717, 1.165) is 5.88 Å². The van der Waals surface area contributed by atoms with Crippen molar-refractivity contribution in [2.24, 2.45) is 0 Å². The first-order chi connectivity index (χ1) is 9.81. The van der Waals surface area contributed by atoms with Crippen molar-refractivity contribution in [3.05, 3.63) is 18.3 Å². The second-order valence-electron chi connectivity index (χ2n) is 5.89. The lowest BCUT2D eigenvalue weighted by atomic mass is 9.81. The first-order valence-corrected chi connectivity index (χ1v) is 7.86. The summed E-state index contributed by atoms with van der Waals surface area (Å²) in [5.74, 6) is 0.728. The monoisotopic (exact) mass is 275 g/mol. The molecule has 0 radical (unpaired) electrons. The zero-order chi connectivity index (χ0) is 13.9. The summed E-state index contributed by atoms with van der Waals surface area (Å²) in [6, 6.07) is 6.18. The molecular weight excluding hydrogens is 250 g/mol. The average Bonchev–Trinajstić information content (AvgIpc) is 2.47. The standard InChI is InChI=1S/C16H25N3O/c1-3-20-16-8-7-15(11-18-16)19-13-5-4-6-14(19)10-12(9-13)17-2/h7-8,11-14,17H,3-6,9-10H2,1-2H3. The highest BCUT2D eigenvalue weighted by molar-refractivity contribution is 5.49. The molecular formula is C16H25N3O. The summed E-state index contributed by atoms with van der Waals surface area (Å²) >= 11 is 0. The normalized spacial score (nSPS) is 29.3. The SMILES string of the molecule is CCOc1ccc(N2C3CCCC2CC(NC)C3)cn1. The molecule has 3 heterocycles. The van der Waals surface area contributed by atoms with Gasteiger partial charge in [-0.1, -0.05) is 0 Å². The fourth-order valence-electron chi connectivity index (χ4n) is 3.80. The molecule has 4 nitrogen and oxygen atoms in total. The number of nitrogens with one attached hydrogen (secondary N) is 1. The zero-order valence-electron chi connectivity index (χ0n) is 12.5. The molecule has 110 valence electrons.